The molecule has 3 N–H and O–H groups in total. The fourth-order valence-corrected chi connectivity index (χ4v) is 2.10. The fourth-order valence-electron chi connectivity index (χ4n) is 1.91. The van der Waals surface area contributed by atoms with E-state index >= 15 is 0 Å². The molecule has 94 valence electrons. The van der Waals surface area contributed by atoms with Crippen LogP contribution < -0.4 is 11.1 Å². The predicted octanol–water partition coefficient (Wildman–Crippen LogP) is 3.37. The van der Waals surface area contributed by atoms with Gasteiger partial charge in [-0.1, -0.05) is 29.8 Å². The van der Waals surface area contributed by atoms with Crippen molar-refractivity contribution in [3.8, 4) is 0 Å². The molecule has 1 atom stereocenters. The van der Waals surface area contributed by atoms with Crippen LogP contribution in [-0.2, 0) is 0 Å². The van der Waals surface area contributed by atoms with Crippen LogP contribution in [0.5, 0.6) is 0 Å². The quantitative estimate of drug-likeness (QED) is 0.834. The van der Waals surface area contributed by atoms with Crippen LogP contribution in [0.15, 0.2) is 42.5 Å². The first-order chi connectivity index (χ1) is 8.61. The molecule has 0 heterocycles. The van der Waals surface area contributed by atoms with Crippen LogP contribution in [0.25, 0.3) is 0 Å². The smallest absolute Gasteiger partial charge is 0.141 e. The van der Waals surface area contributed by atoms with Gasteiger partial charge in [0.05, 0.1) is 11.1 Å². The first kappa shape index (κ1) is 12.9. The molecule has 18 heavy (non-hydrogen) atoms. The van der Waals surface area contributed by atoms with Gasteiger partial charge in [-0.05, 0) is 42.4 Å². The Kier molecular flexibility index (Phi) is 3.84. The normalized spacial score (nSPS) is 12.4. The van der Waals surface area contributed by atoms with Crippen LogP contribution >= 0.6 is 11.6 Å². The van der Waals surface area contributed by atoms with E-state index in [0.29, 0.717) is 5.69 Å². The monoisotopic (exact) mass is 264 g/mol. The van der Waals surface area contributed by atoms with Gasteiger partial charge in [-0.2, -0.15) is 0 Å². The third kappa shape index (κ3) is 2.63. The maximum atomic E-state index is 13.2. The zero-order valence-electron chi connectivity index (χ0n) is 9.95. The van der Waals surface area contributed by atoms with Crippen molar-refractivity contribution in [2.45, 2.75) is 6.04 Å². The van der Waals surface area contributed by atoms with Crippen LogP contribution in [0.3, 0.4) is 0 Å². The zero-order chi connectivity index (χ0) is 13.1. The highest BCUT2D eigenvalue weighted by Gasteiger charge is 2.13. The first-order valence-electron chi connectivity index (χ1n) is 5.59. The van der Waals surface area contributed by atoms with Gasteiger partial charge in [0, 0.05) is 5.69 Å². The molecule has 0 amide bonds. The zero-order valence-corrected chi connectivity index (χ0v) is 10.7. The maximum absolute atomic E-state index is 13.2. The minimum absolute atomic E-state index is 0.0382. The molecule has 0 aromatic heterocycles. The highest BCUT2D eigenvalue weighted by molar-refractivity contribution is 6.30. The Labute approximate surface area is 111 Å². The summed E-state index contributed by atoms with van der Waals surface area (Å²) in [6.45, 7) is 0. The summed E-state index contributed by atoms with van der Waals surface area (Å²) < 4.78 is 13.2. The molecule has 2 aromatic rings. The molecule has 1 unspecified atom stereocenters. The van der Waals surface area contributed by atoms with Gasteiger partial charge in [0.15, 0.2) is 0 Å². The Morgan fingerprint density at radius 3 is 2.28 bits per heavy atom. The van der Waals surface area contributed by atoms with Gasteiger partial charge in [-0.25, -0.2) is 4.39 Å². The van der Waals surface area contributed by atoms with Crippen LogP contribution in [0.1, 0.15) is 17.2 Å². The molecule has 4 heteroatoms. The Balaban J connectivity index is 2.38. The molecule has 0 radical (unpaired) electrons. The summed E-state index contributed by atoms with van der Waals surface area (Å²) >= 11 is 5.80. The first-order valence-corrected chi connectivity index (χ1v) is 5.97. The number of rotatable bonds is 3. The van der Waals surface area contributed by atoms with Crippen molar-refractivity contribution in [1.82, 2.24) is 5.32 Å². The third-order valence-electron chi connectivity index (χ3n) is 2.84. The van der Waals surface area contributed by atoms with Gasteiger partial charge >= 0.3 is 0 Å². The summed E-state index contributed by atoms with van der Waals surface area (Å²) in [6.07, 6.45) is 0. The maximum Gasteiger partial charge on any atom is 0.141 e. The van der Waals surface area contributed by atoms with Gasteiger partial charge in [0.2, 0.25) is 0 Å². The van der Waals surface area contributed by atoms with E-state index in [0.717, 1.165) is 11.1 Å². The van der Waals surface area contributed by atoms with Crippen molar-refractivity contribution >= 4 is 17.3 Å². The van der Waals surface area contributed by atoms with E-state index in [4.69, 9.17) is 17.3 Å². The number of benzene rings is 2. The van der Waals surface area contributed by atoms with Gasteiger partial charge in [0.1, 0.15) is 5.82 Å². The SMILES string of the molecule is CNC(c1ccc(N)cc1)c1ccc(F)c(Cl)c1. The minimum atomic E-state index is -0.410. The van der Waals surface area contributed by atoms with Gasteiger partial charge in [-0.3, -0.25) is 0 Å². The number of nitrogen functional groups attached to an aromatic ring is 1. The van der Waals surface area contributed by atoms with Crippen LogP contribution in [-0.4, -0.2) is 7.05 Å². The van der Waals surface area contributed by atoms with Crippen molar-refractivity contribution in [2.75, 3.05) is 12.8 Å². The summed E-state index contributed by atoms with van der Waals surface area (Å²) in [5.41, 5.74) is 8.33. The molecule has 0 spiro atoms. The van der Waals surface area contributed by atoms with Crippen LogP contribution in [0.4, 0.5) is 10.1 Å². The number of nitrogens with two attached hydrogens (primary N) is 1. The van der Waals surface area contributed by atoms with Crippen molar-refractivity contribution < 1.29 is 4.39 Å². The minimum Gasteiger partial charge on any atom is -0.399 e. The molecule has 0 aliphatic rings. The van der Waals surface area contributed by atoms with E-state index in [2.05, 4.69) is 5.32 Å². The predicted molar refractivity (Wildman–Crippen MR) is 73.2 cm³/mol. The highest BCUT2D eigenvalue weighted by Crippen LogP contribution is 2.26. The van der Waals surface area contributed by atoms with Gasteiger partial charge < -0.3 is 11.1 Å². The Morgan fingerprint density at radius 2 is 1.72 bits per heavy atom. The molecule has 2 rings (SSSR count). The lowest BCUT2D eigenvalue weighted by Crippen LogP contribution is -2.17. The Bertz CT molecular complexity index is 540. The molecular formula is C14H14ClFN2. The third-order valence-corrected chi connectivity index (χ3v) is 3.13. The lowest BCUT2D eigenvalue weighted by molar-refractivity contribution is 0.624. The number of nitrogens with one attached hydrogen (secondary N) is 1. The number of halogens is 2. The number of anilines is 1. The average Bonchev–Trinajstić information content (AvgIpc) is 2.37. The molecule has 0 fully saturated rings. The molecule has 0 aliphatic carbocycles. The lowest BCUT2D eigenvalue weighted by atomic mass is 9.98. The summed E-state index contributed by atoms with van der Waals surface area (Å²) in [6, 6.07) is 12.2. The summed E-state index contributed by atoms with van der Waals surface area (Å²) in [7, 11) is 1.85. The largest absolute Gasteiger partial charge is 0.399 e. The van der Waals surface area contributed by atoms with E-state index in [1.165, 1.54) is 6.07 Å². The van der Waals surface area contributed by atoms with E-state index < -0.39 is 5.82 Å². The number of hydrogen-bond donors (Lipinski definition) is 2. The standard InChI is InChI=1S/C14H14ClFN2/c1-18-14(9-2-5-11(17)6-3-9)10-4-7-13(16)12(15)8-10/h2-8,14,18H,17H2,1H3. The molecule has 2 nitrogen and oxygen atoms in total. The highest BCUT2D eigenvalue weighted by atomic mass is 35.5. The second-order valence-corrected chi connectivity index (χ2v) is 4.47. The topological polar surface area (TPSA) is 38.0 Å². The Morgan fingerprint density at radius 1 is 1.11 bits per heavy atom. The Hall–Kier alpha value is -1.58. The van der Waals surface area contributed by atoms with E-state index in [-0.39, 0.29) is 11.1 Å². The van der Waals surface area contributed by atoms with Crippen molar-refractivity contribution in [3.05, 3.63) is 64.4 Å². The van der Waals surface area contributed by atoms with Crippen molar-refractivity contribution in [1.29, 1.82) is 0 Å². The van der Waals surface area contributed by atoms with E-state index in [9.17, 15) is 4.39 Å². The second kappa shape index (κ2) is 5.38. The van der Waals surface area contributed by atoms with Gasteiger partial charge in [-0.15, -0.1) is 0 Å². The van der Waals surface area contributed by atoms with Crippen LogP contribution in [0, 0.1) is 5.82 Å². The van der Waals surface area contributed by atoms with E-state index in [1.54, 1.807) is 12.1 Å². The molecular weight excluding hydrogens is 251 g/mol. The lowest BCUT2D eigenvalue weighted by Gasteiger charge is -2.17. The van der Waals surface area contributed by atoms with Crippen LogP contribution in [0.2, 0.25) is 5.02 Å². The molecule has 2 aromatic carbocycles. The van der Waals surface area contributed by atoms with E-state index in [1.807, 2.05) is 31.3 Å². The fraction of sp³-hybridized carbons (Fsp3) is 0.143. The molecule has 0 saturated heterocycles. The summed E-state index contributed by atoms with van der Waals surface area (Å²) in [4.78, 5) is 0. The summed E-state index contributed by atoms with van der Waals surface area (Å²) in [5.74, 6) is -0.410. The summed E-state index contributed by atoms with van der Waals surface area (Å²) in [5, 5.41) is 3.31. The molecule has 0 aliphatic heterocycles. The van der Waals surface area contributed by atoms with Crippen molar-refractivity contribution in [3.63, 3.8) is 0 Å². The number of hydrogen-bond acceptors (Lipinski definition) is 2. The molecule has 0 saturated carbocycles. The van der Waals surface area contributed by atoms with Crippen molar-refractivity contribution in [2.24, 2.45) is 0 Å². The molecule has 0 bridgehead atoms. The average molecular weight is 265 g/mol. The van der Waals surface area contributed by atoms with Gasteiger partial charge in [0.25, 0.3) is 0 Å². The second-order valence-electron chi connectivity index (χ2n) is 4.06.